The van der Waals surface area contributed by atoms with Gasteiger partial charge in [0.1, 0.15) is 11.4 Å². The molecule has 2 fully saturated rings. The van der Waals surface area contributed by atoms with Crippen molar-refractivity contribution in [2.24, 2.45) is 5.92 Å². The van der Waals surface area contributed by atoms with Crippen LogP contribution in [0.5, 0.6) is 5.75 Å². The zero-order chi connectivity index (χ0) is 23.3. The van der Waals surface area contributed by atoms with E-state index in [1.54, 1.807) is 11.0 Å². The quantitative estimate of drug-likeness (QED) is 0.660. The van der Waals surface area contributed by atoms with Crippen LogP contribution in [0.4, 0.5) is 5.69 Å². The third-order valence-electron chi connectivity index (χ3n) is 7.15. The molecule has 2 aromatic carbocycles. The van der Waals surface area contributed by atoms with Gasteiger partial charge in [0.25, 0.3) is 0 Å². The molecule has 3 aliphatic heterocycles. The highest BCUT2D eigenvalue weighted by molar-refractivity contribution is 6.31. The van der Waals surface area contributed by atoms with Crippen LogP contribution in [-0.2, 0) is 9.59 Å². The standard InChI is InChI=1S/C26H27ClN2O4/c1-16-3-5-20(6-4-16)29-15-18(12-23(29)31)25(32)28-9-7-26(8-10-28)14-22(30)21-13-19(27)11-17(2)24(21)33-26/h3-6,11,13,18H,7-10,12,14-15H2,1-2H3. The van der Waals surface area contributed by atoms with E-state index in [9.17, 15) is 14.4 Å². The summed E-state index contributed by atoms with van der Waals surface area (Å²) in [7, 11) is 0. The lowest BCUT2D eigenvalue weighted by Gasteiger charge is -2.44. The van der Waals surface area contributed by atoms with Crippen molar-refractivity contribution in [2.75, 3.05) is 24.5 Å². The Balaban J connectivity index is 1.25. The van der Waals surface area contributed by atoms with Crippen LogP contribution < -0.4 is 9.64 Å². The van der Waals surface area contributed by atoms with Crippen molar-refractivity contribution >= 4 is 34.9 Å². The van der Waals surface area contributed by atoms with Crippen molar-refractivity contribution < 1.29 is 19.1 Å². The smallest absolute Gasteiger partial charge is 0.228 e. The molecule has 0 aliphatic carbocycles. The number of Topliss-reactive ketones (excluding diaryl/α,β-unsaturated/α-hetero) is 1. The number of carbonyl (C=O) groups is 3. The number of carbonyl (C=O) groups excluding carboxylic acids is 3. The number of anilines is 1. The average Bonchev–Trinajstić information content (AvgIpc) is 3.17. The van der Waals surface area contributed by atoms with Crippen LogP contribution in [0.3, 0.4) is 0 Å². The molecule has 7 heteroatoms. The molecule has 1 spiro atoms. The van der Waals surface area contributed by atoms with E-state index in [0.29, 0.717) is 55.2 Å². The van der Waals surface area contributed by atoms with Crippen LogP contribution in [0.1, 0.15) is 47.2 Å². The zero-order valence-electron chi connectivity index (χ0n) is 18.9. The summed E-state index contributed by atoms with van der Waals surface area (Å²) in [4.78, 5) is 42.2. The first-order valence-electron chi connectivity index (χ1n) is 11.4. The minimum Gasteiger partial charge on any atom is -0.486 e. The molecule has 5 rings (SSSR count). The number of likely N-dealkylation sites (tertiary alicyclic amines) is 1. The molecule has 0 bridgehead atoms. The molecule has 0 saturated carbocycles. The molecule has 3 heterocycles. The number of rotatable bonds is 2. The van der Waals surface area contributed by atoms with Crippen LogP contribution in [0.15, 0.2) is 36.4 Å². The Labute approximate surface area is 198 Å². The van der Waals surface area contributed by atoms with Gasteiger partial charge in [-0.1, -0.05) is 29.3 Å². The van der Waals surface area contributed by atoms with Crippen molar-refractivity contribution in [1.82, 2.24) is 4.90 Å². The number of benzene rings is 2. The number of hydrogen-bond donors (Lipinski definition) is 0. The SMILES string of the molecule is Cc1ccc(N2CC(C(=O)N3CCC4(CC3)CC(=O)c3cc(Cl)cc(C)c3O4)CC2=O)cc1. The zero-order valence-corrected chi connectivity index (χ0v) is 19.7. The van der Waals surface area contributed by atoms with E-state index < -0.39 is 5.60 Å². The Morgan fingerprint density at radius 3 is 2.48 bits per heavy atom. The molecule has 2 saturated heterocycles. The second-order valence-corrected chi connectivity index (χ2v) is 9.99. The minimum atomic E-state index is -0.584. The van der Waals surface area contributed by atoms with E-state index in [-0.39, 0.29) is 29.9 Å². The lowest BCUT2D eigenvalue weighted by atomic mass is 9.81. The third-order valence-corrected chi connectivity index (χ3v) is 7.37. The van der Waals surface area contributed by atoms with E-state index in [4.69, 9.17) is 16.3 Å². The summed E-state index contributed by atoms with van der Waals surface area (Å²) >= 11 is 6.13. The number of nitrogens with zero attached hydrogens (tertiary/aromatic N) is 2. The predicted octanol–water partition coefficient (Wildman–Crippen LogP) is 4.34. The number of aryl methyl sites for hydroxylation is 2. The largest absolute Gasteiger partial charge is 0.486 e. The summed E-state index contributed by atoms with van der Waals surface area (Å²) < 4.78 is 6.39. The maximum absolute atomic E-state index is 13.2. The highest BCUT2D eigenvalue weighted by Crippen LogP contribution is 2.42. The predicted molar refractivity (Wildman–Crippen MR) is 126 cm³/mol. The summed E-state index contributed by atoms with van der Waals surface area (Å²) in [5.74, 6) is 0.310. The second kappa shape index (κ2) is 8.17. The fourth-order valence-corrected chi connectivity index (χ4v) is 5.50. The highest BCUT2D eigenvalue weighted by atomic mass is 35.5. The van der Waals surface area contributed by atoms with E-state index in [1.807, 2.05) is 49.1 Å². The number of piperidine rings is 1. The van der Waals surface area contributed by atoms with Gasteiger partial charge in [-0.25, -0.2) is 0 Å². The summed E-state index contributed by atoms with van der Waals surface area (Å²) in [6.07, 6.45) is 1.71. The molecule has 0 aromatic heterocycles. The number of ketones is 1. The lowest BCUT2D eigenvalue weighted by molar-refractivity contribution is -0.139. The maximum atomic E-state index is 13.2. The molecule has 2 amide bonds. The third kappa shape index (κ3) is 4.01. The van der Waals surface area contributed by atoms with Crippen LogP contribution in [0.25, 0.3) is 0 Å². The van der Waals surface area contributed by atoms with Gasteiger partial charge in [-0.2, -0.15) is 0 Å². The van der Waals surface area contributed by atoms with Gasteiger partial charge in [0, 0.05) is 49.6 Å². The first-order valence-corrected chi connectivity index (χ1v) is 11.8. The fourth-order valence-electron chi connectivity index (χ4n) is 5.23. The number of amides is 2. The molecular weight excluding hydrogens is 440 g/mol. The van der Waals surface area contributed by atoms with Gasteiger partial charge in [0.15, 0.2) is 5.78 Å². The summed E-state index contributed by atoms with van der Waals surface area (Å²) in [5, 5.41) is 0.533. The van der Waals surface area contributed by atoms with Crippen LogP contribution in [0.2, 0.25) is 5.02 Å². The van der Waals surface area contributed by atoms with E-state index in [0.717, 1.165) is 16.8 Å². The summed E-state index contributed by atoms with van der Waals surface area (Å²) in [6.45, 7) is 5.34. The van der Waals surface area contributed by atoms with E-state index >= 15 is 0 Å². The fraction of sp³-hybridized carbons (Fsp3) is 0.423. The Morgan fingerprint density at radius 1 is 1.09 bits per heavy atom. The molecule has 3 aliphatic rings. The molecule has 1 unspecified atom stereocenters. The summed E-state index contributed by atoms with van der Waals surface area (Å²) in [5.41, 5.74) is 2.78. The Bertz CT molecular complexity index is 1140. The monoisotopic (exact) mass is 466 g/mol. The maximum Gasteiger partial charge on any atom is 0.228 e. The van der Waals surface area contributed by atoms with Crippen LogP contribution in [-0.4, -0.2) is 47.7 Å². The molecule has 2 aromatic rings. The second-order valence-electron chi connectivity index (χ2n) is 9.55. The average molecular weight is 467 g/mol. The van der Waals surface area contributed by atoms with E-state index in [1.165, 1.54) is 0 Å². The molecular formula is C26H27ClN2O4. The van der Waals surface area contributed by atoms with Gasteiger partial charge in [0.2, 0.25) is 11.8 Å². The van der Waals surface area contributed by atoms with Crippen LogP contribution in [0, 0.1) is 19.8 Å². The first kappa shape index (κ1) is 22.0. The van der Waals surface area contributed by atoms with Crippen molar-refractivity contribution in [1.29, 1.82) is 0 Å². The van der Waals surface area contributed by atoms with Crippen LogP contribution >= 0.6 is 11.6 Å². The van der Waals surface area contributed by atoms with Crippen molar-refractivity contribution in [3.8, 4) is 5.75 Å². The van der Waals surface area contributed by atoms with Gasteiger partial charge >= 0.3 is 0 Å². The van der Waals surface area contributed by atoms with Crippen molar-refractivity contribution in [3.05, 3.63) is 58.1 Å². The number of hydrogen-bond acceptors (Lipinski definition) is 4. The van der Waals surface area contributed by atoms with E-state index in [2.05, 4.69) is 0 Å². The number of ether oxygens (including phenoxy) is 1. The highest BCUT2D eigenvalue weighted by Gasteiger charge is 2.46. The first-order chi connectivity index (χ1) is 15.7. The normalized spacial score (nSPS) is 21.8. The molecule has 0 N–H and O–H groups in total. The molecule has 33 heavy (non-hydrogen) atoms. The van der Waals surface area contributed by atoms with Gasteiger partial charge in [-0.3, -0.25) is 14.4 Å². The van der Waals surface area contributed by atoms with Crippen molar-refractivity contribution in [3.63, 3.8) is 0 Å². The van der Waals surface area contributed by atoms with Gasteiger partial charge < -0.3 is 14.5 Å². The Morgan fingerprint density at radius 2 is 1.79 bits per heavy atom. The number of fused-ring (bicyclic) bond motifs is 1. The molecule has 172 valence electrons. The Hall–Kier alpha value is -2.86. The molecule has 1 atom stereocenters. The minimum absolute atomic E-state index is 0.0123. The van der Waals surface area contributed by atoms with Gasteiger partial charge in [0.05, 0.1) is 17.9 Å². The summed E-state index contributed by atoms with van der Waals surface area (Å²) in [6, 6.07) is 11.3. The van der Waals surface area contributed by atoms with Gasteiger partial charge in [-0.05, 0) is 43.7 Å². The topological polar surface area (TPSA) is 66.9 Å². The van der Waals surface area contributed by atoms with Gasteiger partial charge in [-0.15, -0.1) is 0 Å². The lowest BCUT2D eigenvalue weighted by Crippen LogP contribution is -2.53. The Kier molecular flexibility index (Phi) is 5.44. The molecule has 6 nitrogen and oxygen atoms in total. The molecule has 0 radical (unpaired) electrons. The van der Waals surface area contributed by atoms with Crippen molar-refractivity contribution in [2.45, 2.75) is 45.1 Å². The number of halogens is 1.